The van der Waals surface area contributed by atoms with E-state index in [2.05, 4.69) is 11.4 Å². The summed E-state index contributed by atoms with van der Waals surface area (Å²) in [5, 5.41) is 2.63. The minimum atomic E-state index is -0.705. The lowest BCUT2D eigenvalue weighted by molar-refractivity contribution is -0.123. The van der Waals surface area contributed by atoms with Crippen LogP contribution >= 0.6 is 0 Å². The second-order valence-electron chi connectivity index (χ2n) is 9.22. The van der Waals surface area contributed by atoms with Crippen LogP contribution in [0, 0.1) is 23.7 Å². The monoisotopic (exact) mass is 490 g/mol. The maximum atomic E-state index is 13.1. The molecule has 5 rings (SSSR count). The predicted octanol–water partition coefficient (Wildman–Crippen LogP) is 3.20. The molecule has 1 saturated heterocycles. The van der Waals surface area contributed by atoms with Crippen molar-refractivity contribution in [3.05, 3.63) is 59.7 Å². The van der Waals surface area contributed by atoms with Gasteiger partial charge in [0.2, 0.25) is 11.8 Å². The zero-order valence-corrected chi connectivity index (χ0v) is 20.1. The highest BCUT2D eigenvalue weighted by Gasteiger charge is 2.60. The number of benzene rings is 2. The van der Waals surface area contributed by atoms with Crippen molar-refractivity contribution in [1.29, 1.82) is 0 Å². The molecule has 36 heavy (non-hydrogen) atoms. The number of nitrogens with zero attached hydrogens (tertiary/aromatic N) is 1. The van der Waals surface area contributed by atoms with Crippen molar-refractivity contribution < 1.29 is 33.4 Å². The van der Waals surface area contributed by atoms with Gasteiger partial charge in [0.25, 0.3) is 5.91 Å². The summed E-state index contributed by atoms with van der Waals surface area (Å²) in [7, 11) is 2.97. The number of hydrogen-bond acceptors (Lipinski definition) is 7. The van der Waals surface area contributed by atoms with Crippen LogP contribution < -0.4 is 19.7 Å². The highest BCUT2D eigenvalue weighted by Crippen LogP contribution is 2.55. The van der Waals surface area contributed by atoms with Gasteiger partial charge in [0, 0.05) is 6.07 Å². The Hall–Kier alpha value is -4.14. The van der Waals surface area contributed by atoms with Crippen molar-refractivity contribution in [2.75, 3.05) is 31.0 Å². The smallest absolute Gasteiger partial charge is 0.338 e. The van der Waals surface area contributed by atoms with Crippen molar-refractivity contribution in [3.63, 3.8) is 0 Å². The standard InChI is InChI=1S/C27H26N2O7/c1-14-10-16-11-19(14)24-23(16)25(31)29(26(24)32)17-6-4-15(5-7-17)27(33)36-13-22(30)28-20-12-18(34-2)8-9-21(20)35-3/h4-10,12,16,19,23-24H,11,13H2,1-3H3,(H,28,30)/t16-,19+,23-,24+/m0/s1. The van der Waals surface area contributed by atoms with Gasteiger partial charge in [-0.3, -0.25) is 19.3 Å². The fraction of sp³-hybridized carbons (Fsp3) is 0.333. The number of imide groups is 1. The number of hydrogen-bond donors (Lipinski definition) is 1. The molecule has 2 aliphatic carbocycles. The summed E-state index contributed by atoms with van der Waals surface area (Å²) < 4.78 is 15.5. The second kappa shape index (κ2) is 9.14. The summed E-state index contributed by atoms with van der Waals surface area (Å²) in [6.07, 6.45) is 3.00. The lowest BCUT2D eigenvalue weighted by atomic mass is 9.82. The molecule has 3 aliphatic rings. The zero-order valence-electron chi connectivity index (χ0n) is 20.1. The normalized spacial score (nSPS) is 23.9. The number of allylic oxidation sites excluding steroid dienone is 2. The summed E-state index contributed by atoms with van der Waals surface area (Å²) in [6, 6.07) is 11.0. The molecule has 9 heteroatoms. The first kappa shape index (κ1) is 23.6. The average molecular weight is 491 g/mol. The van der Waals surface area contributed by atoms with E-state index >= 15 is 0 Å². The van der Waals surface area contributed by atoms with Gasteiger partial charge in [-0.15, -0.1) is 0 Å². The van der Waals surface area contributed by atoms with Crippen molar-refractivity contribution in [1.82, 2.24) is 0 Å². The van der Waals surface area contributed by atoms with Crippen LogP contribution in [-0.4, -0.2) is 44.5 Å². The number of amides is 3. The molecule has 1 aliphatic heterocycles. The highest BCUT2D eigenvalue weighted by molar-refractivity contribution is 6.23. The van der Waals surface area contributed by atoms with Gasteiger partial charge in [-0.1, -0.05) is 11.6 Å². The first-order valence-corrected chi connectivity index (χ1v) is 11.7. The minimum Gasteiger partial charge on any atom is -0.497 e. The van der Waals surface area contributed by atoms with Crippen LogP contribution in [0.1, 0.15) is 23.7 Å². The van der Waals surface area contributed by atoms with Crippen molar-refractivity contribution in [2.45, 2.75) is 13.3 Å². The van der Waals surface area contributed by atoms with Crippen LogP contribution in [0.15, 0.2) is 54.1 Å². The average Bonchev–Trinajstić information content (AvgIpc) is 3.52. The Morgan fingerprint density at radius 1 is 1.00 bits per heavy atom. The van der Waals surface area contributed by atoms with E-state index in [1.807, 2.05) is 6.92 Å². The van der Waals surface area contributed by atoms with Gasteiger partial charge in [0.1, 0.15) is 11.5 Å². The Morgan fingerprint density at radius 2 is 1.72 bits per heavy atom. The van der Waals surface area contributed by atoms with E-state index in [4.69, 9.17) is 14.2 Å². The summed E-state index contributed by atoms with van der Waals surface area (Å²) in [4.78, 5) is 52.2. The number of carbonyl (C=O) groups is 4. The summed E-state index contributed by atoms with van der Waals surface area (Å²) in [6.45, 7) is 1.51. The Kier molecular flexibility index (Phi) is 5.99. The molecule has 2 bridgehead atoms. The van der Waals surface area contributed by atoms with E-state index in [-0.39, 0.29) is 41.0 Å². The molecule has 3 amide bonds. The number of anilines is 2. The third-order valence-electron chi connectivity index (χ3n) is 7.26. The lowest BCUT2D eigenvalue weighted by Crippen LogP contribution is -2.33. The number of methoxy groups -OCH3 is 2. The summed E-state index contributed by atoms with van der Waals surface area (Å²) >= 11 is 0. The molecule has 0 spiro atoms. The van der Waals surface area contributed by atoms with Crippen molar-refractivity contribution in [2.24, 2.45) is 23.7 Å². The summed E-state index contributed by atoms with van der Waals surface area (Å²) in [5.74, 6) is -0.978. The Balaban J connectivity index is 1.20. The van der Waals surface area contributed by atoms with Gasteiger partial charge in [-0.25, -0.2) is 4.79 Å². The molecule has 2 aromatic carbocycles. The molecule has 1 N–H and O–H groups in total. The third kappa shape index (κ3) is 3.90. The molecule has 0 unspecified atom stereocenters. The molecule has 2 aromatic rings. The first-order valence-electron chi connectivity index (χ1n) is 11.7. The fourth-order valence-electron chi connectivity index (χ4n) is 5.59. The number of fused-ring (bicyclic) bond motifs is 5. The third-order valence-corrected chi connectivity index (χ3v) is 7.26. The van der Waals surface area contributed by atoms with Crippen LogP contribution in [0.2, 0.25) is 0 Å². The van der Waals surface area contributed by atoms with Crippen LogP contribution in [0.4, 0.5) is 11.4 Å². The van der Waals surface area contributed by atoms with E-state index in [0.29, 0.717) is 22.9 Å². The van der Waals surface area contributed by atoms with E-state index in [1.54, 1.807) is 30.3 Å². The molecular formula is C27H26N2O7. The lowest BCUT2D eigenvalue weighted by Gasteiger charge is -2.19. The van der Waals surface area contributed by atoms with Crippen molar-refractivity contribution in [3.8, 4) is 11.5 Å². The maximum absolute atomic E-state index is 13.1. The van der Waals surface area contributed by atoms with E-state index < -0.39 is 18.5 Å². The zero-order chi connectivity index (χ0) is 25.6. The highest BCUT2D eigenvalue weighted by atomic mass is 16.5. The Bertz CT molecular complexity index is 1280. The van der Waals surface area contributed by atoms with Crippen LogP contribution in [0.5, 0.6) is 11.5 Å². The van der Waals surface area contributed by atoms with E-state index in [0.717, 1.165) is 6.42 Å². The van der Waals surface area contributed by atoms with Gasteiger partial charge in [-0.05, 0) is 61.6 Å². The molecule has 4 atom stereocenters. The first-order chi connectivity index (χ1) is 17.3. The van der Waals surface area contributed by atoms with Crippen LogP contribution in [-0.2, 0) is 19.1 Å². The molecule has 1 heterocycles. The Morgan fingerprint density at radius 3 is 2.42 bits per heavy atom. The molecule has 9 nitrogen and oxygen atoms in total. The molecule has 1 saturated carbocycles. The van der Waals surface area contributed by atoms with Gasteiger partial charge in [-0.2, -0.15) is 0 Å². The van der Waals surface area contributed by atoms with Gasteiger partial charge in [0.05, 0.1) is 43.0 Å². The molecular weight excluding hydrogens is 464 g/mol. The maximum Gasteiger partial charge on any atom is 0.338 e. The number of carbonyl (C=O) groups excluding carboxylic acids is 4. The quantitative estimate of drug-likeness (QED) is 0.360. The van der Waals surface area contributed by atoms with E-state index in [9.17, 15) is 19.2 Å². The topological polar surface area (TPSA) is 111 Å². The number of rotatable bonds is 7. The number of nitrogens with one attached hydrogen (secondary N) is 1. The fourth-order valence-corrected chi connectivity index (χ4v) is 5.59. The molecule has 0 aromatic heterocycles. The van der Waals surface area contributed by atoms with Crippen LogP contribution in [0.3, 0.4) is 0 Å². The van der Waals surface area contributed by atoms with Gasteiger partial charge in [0.15, 0.2) is 6.61 Å². The van der Waals surface area contributed by atoms with Gasteiger partial charge >= 0.3 is 5.97 Å². The second-order valence-corrected chi connectivity index (χ2v) is 9.22. The number of esters is 1. The largest absolute Gasteiger partial charge is 0.497 e. The Labute approximate surface area is 208 Å². The minimum absolute atomic E-state index is 0.124. The van der Waals surface area contributed by atoms with E-state index in [1.165, 1.54) is 36.8 Å². The number of ether oxygens (including phenoxy) is 3. The molecule has 186 valence electrons. The molecule has 2 fully saturated rings. The van der Waals surface area contributed by atoms with Gasteiger partial charge < -0.3 is 19.5 Å². The van der Waals surface area contributed by atoms with Crippen LogP contribution in [0.25, 0.3) is 0 Å². The van der Waals surface area contributed by atoms with Crippen molar-refractivity contribution >= 4 is 35.1 Å². The molecule has 0 radical (unpaired) electrons. The SMILES string of the molecule is COc1ccc(OC)c(NC(=O)COC(=O)c2ccc(N3C(=O)[C@@H]4[C@H](C3=O)[C@@H]3C[C@@H]4C=C3C)cc2)c1. The predicted molar refractivity (Wildman–Crippen MR) is 130 cm³/mol. The summed E-state index contributed by atoms with van der Waals surface area (Å²) in [5.41, 5.74) is 2.19.